The normalized spacial score (nSPS) is 10.7. The molecule has 17 heavy (non-hydrogen) atoms. The van der Waals surface area contributed by atoms with Crippen LogP contribution in [0.4, 0.5) is 0 Å². The second-order valence-electron chi connectivity index (χ2n) is 3.90. The summed E-state index contributed by atoms with van der Waals surface area (Å²) in [4.78, 5) is 10.1. The zero-order valence-electron chi connectivity index (χ0n) is 10.0. The fraction of sp³-hybridized carbons (Fsp3) is 0.385. The van der Waals surface area contributed by atoms with Crippen LogP contribution in [-0.2, 0) is 12.8 Å². The molecule has 0 atom stereocenters. The molecule has 2 aromatic rings. The summed E-state index contributed by atoms with van der Waals surface area (Å²) in [6, 6.07) is 4.01. The maximum Gasteiger partial charge on any atom is 0.0935 e. The van der Waals surface area contributed by atoms with Crippen molar-refractivity contribution in [2.24, 2.45) is 5.73 Å². The van der Waals surface area contributed by atoms with Gasteiger partial charge in [0.05, 0.1) is 10.7 Å². The van der Waals surface area contributed by atoms with Gasteiger partial charge in [0.1, 0.15) is 0 Å². The van der Waals surface area contributed by atoms with Crippen molar-refractivity contribution in [3.63, 3.8) is 0 Å². The third-order valence-corrected chi connectivity index (χ3v) is 3.71. The molecule has 2 N–H and O–H groups in total. The van der Waals surface area contributed by atoms with Gasteiger partial charge in [-0.1, -0.05) is 6.92 Å². The third-order valence-electron chi connectivity index (χ3n) is 2.53. The van der Waals surface area contributed by atoms with E-state index in [1.54, 1.807) is 23.7 Å². The summed E-state index contributed by atoms with van der Waals surface area (Å²) in [5.41, 5.74) is 7.89. The van der Waals surface area contributed by atoms with Gasteiger partial charge in [0.15, 0.2) is 0 Å². The lowest BCUT2D eigenvalue weighted by Crippen LogP contribution is -2.02. The van der Waals surface area contributed by atoms with Crippen molar-refractivity contribution < 1.29 is 0 Å². The monoisotopic (exact) mass is 247 g/mol. The van der Waals surface area contributed by atoms with E-state index in [1.165, 1.54) is 9.88 Å². The zero-order chi connectivity index (χ0) is 12.1. The molecule has 90 valence electrons. The Bertz CT molecular complexity index is 465. The number of hydrogen-bond acceptors (Lipinski definition) is 4. The van der Waals surface area contributed by atoms with Crippen molar-refractivity contribution in [2.45, 2.75) is 26.2 Å². The highest BCUT2D eigenvalue weighted by Crippen LogP contribution is 2.28. The predicted molar refractivity (Wildman–Crippen MR) is 72.1 cm³/mol. The van der Waals surface area contributed by atoms with E-state index in [0.717, 1.165) is 30.5 Å². The average Bonchev–Trinajstić information content (AvgIpc) is 2.74. The number of nitrogens with zero attached hydrogens (tertiary/aromatic N) is 2. The van der Waals surface area contributed by atoms with Crippen molar-refractivity contribution in [3.05, 3.63) is 34.4 Å². The summed E-state index contributed by atoms with van der Waals surface area (Å²) in [6.45, 7) is 2.85. The van der Waals surface area contributed by atoms with Gasteiger partial charge in [0, 0.05) is 22.8 Å². The molecule has 4 heteroatoms. The van der Waals surface area contributed by atoms with Gasteiger partial charge in [-0.2, -0.15) is 0 Å². The number of pyridine rings is 1. The molecular formula is C13H17N3S. The van der Waals surface area contributed by atoms with E-state index < -0.39 is 0 Å². The van der Waals surface area contributed by atoms with Crippen LogP contribution in [0.15, 0.2) is 24.5 Å². The van der Waals surface area contributed by atoms with E-state index in [4.69, 9.17) is 10.7 Å². The molecule has 2 heterocycles. The summed E-state index contributed by atoms with van der Waals surface area (Å²) in [5, 5.41) is 1.21. The van der Waals surface area contributed by atoms with E-state index in [0.29, 0.717) is 6.54 Å². The molecule has 2 aromatic heterocycles. The van der Waals surface area contributed by atoms with Crippen molar-refractivity contribution in [1.82, 2.24) is 9.97 Å². The van der Waals surface area contributed by atoms with E-state index in [1.807, 2.05) is 12.1 Å². The maximum absolute atomic E-state index is 5.66. The van der Waals surface area contributed by atoms with Crippen LogP contribution in [0.5, 0.6) is 0 Å². The molecule has 0 radical (unpaired) electrons. The smallest absolute Gasteiger partial charge is 0.0935 e. The summed E-state index contributed by atoms with van der Waals surface area (Å²) < 4.78 is 0. The first-order valence-electron chi connectivity index (χ1n) is 5.94. The van der Waals surface area contributed by atoms with Gasteiger partial charge >= 0.3 is 0 Å². The van der Waals surface area contributed by atoms with Gasteiger partial charge in [-0.15, -0.1) is 11.3 Å². The summed E-state index contributed by atoms with van der Waals surface area (Å²) in [5.74, 6) is 0. The van der Waals surface area contributed by atoms with Crippen molar-refractivity contribution in [1.29, 1.82) is 0 Å². The molecule has 0 saturated carbocycles. The second-order valence-corrected chi connectivity index (χ2v) is 5.07. The van der Waals surface area contributed by atoms with E-state index in [9.17, 15) is 0 Å². The Morgan fingerprint density at radius 3 is 2.65 bits per heavy atom. The minimum Gasteiger partial charge on any atom is -0.330 e. The average molecular weight is 247 g/mol. The van der Waals surface area contributed by atoms with Crippen LogP contribution in [-0.4, -0.2) is 16.5 Å². The largest absolute Gasteiger partial charge is 0.330 e. The number of aromatic nitrogens is 2. The highest BCUT2D eigenvalue weighted by atomic mass is 32.1. The number of rotatable bonds is 5. The van der Waals surface area contributed by atoms with Crippen molar-refractivity contribution >= 4 is 11.3 Å². The molecular weight excluding hydrogens is 230 g/mol. The first kappa shape index (κ1) is 12.2. The molecule has 0 bridgehead atoms. The Hall–Kier alpha value is -1.26. The molecule has 2 rings (SSSR count). The Morgan fingerprint density at radius 2 is 2.00 bits per heavy atom. The predicted octanol–water partition coefficient (Wildman–Crippen LogP) is 2.66. The van der Waals surface area contributed by atoms with Crippen LogP contribution in [0.1, 0.15) is 23.2 Å². The van der Waals surface area contributed by atoms with Crippen LogP contribution in [0.25, 0.3) is 11.3 Å². The van der Waals surface area contributed by atoms with E-state index in [2.05, 4.69) is 11.9 Å². The number of thiazole rings is 1. The number of hydrogen-bond donors (Lipinski definition) is 1. The lowest BCUT2D eigenvalue weighted by molar-refractivity contribution is 0.909. The van der Waals surface area contributed by atoms with E-state index >= 15 is 0 Å². The first-order valence-corrected chi connectivity index (χ1v) is 6.75. The quantitative estimate of drug-likeness (QED) is 0.883. The summed E-state index contributed by atoms with van der Waals surface area (Å²) in [7, 11) is 0. The number of aryl methyl sites for hydroxylation is 1. The molecule has 3 nitrogen and oxygen atoms in total. The molecule has 0 aliphatic carbocycles. The maximum atomic E-state index is 5.66. The minimum absolute atomic E-state index is 0.672. The fourth-order valence-corrected chi connectivity index (χ4v) is 2.96. The van der Waals surface area contributed by atoms with Crippen LogP contribution < -0.4 is 5.73 Å². The summed E-state index contributed by atoms with van der Waals surface area (Å²) in [6.07, 6.45) is 6.69. The topological polar surface area (TPSA) is 51.8 Å². The zero-order valence-corrected chi connectivity index (χ0v) is 10.8. The molecule has 0 amide bonds. The second kappa shape index (κ2) is 5.89. The Morgan fingerprint density at radius 1 is 1.24 bits per heavy atom. The number of nitrogens with two attached hydrogens (primary N) is 1. The first-order chi connectivity index (χ1) is 8.35. The van der Waals surface area contributed by atoms with Gasteiger partial charge in [-0.3, -0.25) is 4.98 Å². The molecule has 0 aliphatic heterocycles. The highest BCUT2D eigenvalue weighted by Gasteiger charge is 2.11. The SMILES string of the molecule is CCCc1nc(-c2ccncc2)c(CCN)s1. The van der Waals surface area contributed by atoms with Crippen molar-refractivity contribution in [3.8, 4) is 11.3 Å². The molecule has 0 spiro atoms. The summed E-state index contributed by atoms with van der Waals surface area (Å²) >= 11 is 1.79. The fourth-order valence-electron chi connectivity index (χ4n) is 1.76. The Balaban J connectivity index is 2.37. The molecule has 0 saturated heterocycles. The Labute approximate surface area is 106 Å². The standard InChI is InChI=1S/C13H17N3S/c1-2-3-12-16-13(11(17-12)4-7-14)10-5-8-15-9-6-10/h5-6,8-9H,2-4,7,14H2,1H3. The molecule has 0 unspecified atom stereocenters. The molecule has 0 aliphatic rings. The van der Waals surface area contributed by atoms with Crippen LogP contribution in [0.2, 0.25) is 0 Å². The van der Waals surface area contributed by atoms with Crippen LogP contribution in [0.3, 0.4) is 0 Å². The minimum atomic E-state index is 0.672. The van der Waals surface area contributed by atoms with Gasteiger partial charge in [0.25, 0.3) is 0 Å². The van der Waals surface area contributed by atoms with Gasteiger partial charge in [0.2, 0.25) is 0 Å². The van der Waals surface area contributed by atoms with Crippen LogP contribution >= 0.6 is 11.3 Å². The van der Waals surface area contributed by atoms with Gasteiger partial charge in [-0.25, -0.2) is 4.98 Å². The van der Waals surface area contributed by atoms with Crippen molar-refractivity contribution in [2.75, 3.05) is 6.54 Å². The third kappa shape index (κ3) is 2.90. The lowest BCUT2D eigenvalue weighted by Gasteiger charge is -1.99. The van der Waals surface area contributed by atoms with Crippen LogP contribution in [0, 0.1) is 0 Å². The lowest BCUT2D eigenvalue weighted by atomic mass is 10.1. The molecule has 0 fully saturated rings. The highest BCUT2D eigenvalue weighted by molar-refractivity contribution is 7.12. The van der Waals surface area contributed by atoms with E-state index in [-0.39, 0.29) is 0 Å². The van der Waals surface area contributed by atoms with Gasteiger partial charge in [-0.05, 0) is 37.9 Å². The molecule has 0 aromatic carbocycles. The van der Waals surface area contributed by atoms with Gasteiger partial charge < -0.3 is 5.73 Å². The Kier molecular flexibility index (Phi) is 4.23.